The molecule has 0 saturated carbocycles. The number of hydrazone groups is 1. The number of likely N-dealkylation sites (N-methyl/N-ethyl adjacent to an activating group) is 1. The molecule has 1 atom stereocenters. The number of alkyl halides is 6. The Labute approximate surface area is 150 Å². The number of benzene rings is 1. The van der Waals surface area contributed by atoms with E-state index in [0.717, 1.165) is 17.1 Å². The molecule has 0 radical (unpaired) electrons. The highest BCUT2D eigenvalue weighted by molar-refractivity contribution is 6.04. The molecule has 11 heteroatoms. The van der Waals surface area contributed by atoms with Gasteiger partial charge in [0, 0.05) is 18.7 Å². The van der Waals surface area contributed by atoms with Crippen molar-refractivity contribution < 1.29 is 31.1 Å². The Morgan fingerprint density at radius 1 is 1.30 bits per heavy atom. The molecular weight excluding hydrogens is 378 g/mol. The first-order valence-electron chi connectivity index (χ1n) is 7.65. The van der Waals surface area contributed by atoms with E-state index in [-0.39, 0.29) is 12.2 Å². The molecule has 0 aliphatic carbocycles. The van der Waals surface area contributed by atoms with E-state index in [9.17, 15) is 31.1 Å². The normalized spacial score (nSPS) is 20.3. The second kappa shape index (κ2) is 6.75. The van der Waals surface area contributed by atoms with Gasteiger partial charge in [0.25, 0.3) is 5.91 Å². The van der Waals surface area contributed by atoms with Crippen LogP contribution < -0.4 is 5.32 Å². The fourth-order valence-corrected chi connectivity index (χ4v) is 2.69. The first kappa shape index (κ1) is 20.5. The number of carbonyl (C=O) groups excluding carboxylic acids is 1. The van der Waals surface area contributed by atoms with E-state index in [2.05, 4.69) is 15.3 Å². The predicted molar refractivity (Wildman–Crippen MR) is 85.2 cm³/mol. The van der Waals surface area contributed by atoms with Gasteiger partial charge in [0.05, 0.1) is 12.1 Å². The van der Waals surface area contributed by atoms with E-state index in [1.54, 1.807) is 0 Å². The summed E-state index contributed by atoms with van der Waals surface area (Å²) in [6.07, 6.45) is -10.3. The zero-order chi connectivity index (χ0) is 20.6. The summed E-state index contributed by atoms with van der Waals surface area (Å²) in [5, 5.41) is 6.57. The number of nitrogens with zero attached hydrogens (tertiary/aromatic N) is 3. The number of carbonyl (C=O) groups is 1. The van der Waals surface area contributed by atoms with Crippen molar-refractivity contribution in [2.24, 2.45) is 5.10 Å². The van der Waals surface area contributed by atoms with Gasteiger partial charge in [-0.1, -0.05) is 6.07 Å². The van der Waals surface area contributed by atoms with Gasteiger partial charge >= 0.3 is 12.4 Å². The third-order valence-corrected chi connectivity index (χ3v) is 4.12. The number of rotatable bonds is 3. The number of amides is 1. The van der Waals surface area contributed by atoms with Crippen molar-refractivity contribution in [3.8, 4) is 0 Å². The van der Waals surface area contributed by atoms with Gasteiger partial charge in [-0.25, -0.2) is 4.85 Å². The van der Waals surface area contributed by atoms with Gasteiger partial charge in [0.15, 0.2) is 5.69 Å². The van der Waals surface area contributed by atoms with Crippen LogP contribution in [0.4, 0.5) is 37.7 Å². The summed E-state index contributed by atoms with van der Waals surface area (Å²) >= 11 is 0. The van der Waals surface area contributed by atoms with E-state index < -0.39 is 47.2 Å². The molecule has 1 aromatic carbocycles. The lowest BCUT2D eigenvalue weighted by Gasteiger charge is -2.32. The van der Waals surface area contributed by atoms with Gasteiger partial charge in [-0.2, -0.15) is 31.4 Å². The molecular formula is C16H14F6N4O. The van der Waals surface area contributed by atoms with E-state index in [1.807, 2.05) is 0 Å². The molecule has 1 aromatic rings. The first-order valence-corrected chi connectivity index (χ1v) is 7.65. The first-order chi connectivity index (χ1) is 12.3. The highest BCUT2D eigenvalue weighted by atomic mass is 19.4. The molecule has 0 unspecified atom stereocenters. The molecule has 1 amide bonds. The smallest absolute Gasteiger partial charge is 0.324 e. The van der Waals surface area contributed by atoms with Crippen LogP contribution in [0, 0.1) is 6.57 Å². The van der Waals surface area contributed by atoms with E-state index in [0.29, 0.717) is 6.07 Å². The van der Waals surface area contributed by atoms with Crippen LogP contribution in [-0.4, -0.2) is 34.9 Å². The standard InChI is InChI=1S/C16H14F6N4O/c1-4-26-14(2,8-12(25-26)16(20,21)22)13(27)24-9-5-6-11(23-3)10(7-9)15(17,18)19/h5-7H,4,8H2,1-2H3,(H,24,27)/t14-/m1/s1. The summed E-state index contributed by atoms with van der Waals surface area (Å²) in [4.78, 5) is 15.3. The second-order valence-corrected chi connectivity index (χ2v) is 6.01. The Balaban J connectivity index is 2.31. The van der Waals surface area contributed by atoms with E-state index >= 15 is 0 Å². The van der Waals surface area contributed by atoms with Crippen molar-refractivity contribution >= 4 is 23.0 Å². The van der Waals surface area contributed by atoms with Crippen LogP contribution in [0.2, 0.25) is 0 Å². The molecule has 0 saturated heterocycles. The highest BCUT2D eigenvalue weighted by Crippen LogP contribution is 2.39. The number of nitrogens with one attached hydrogen (secondary N) is 1. The molecule has 0 spiro atoms. The molecule has 1 aliphatic rings. The SMILES string of the molecule is [C-]#[N+]c1ccc(NC(=O)[C@@]2(C)CC(C(F)(F)F)=NN2CC)cc1C(F)(F)F. The maximum Gasteiger partial charge on any atom is 0.431 e. The zero-order valence-corrected chi connectivity index (χ0v) is 14.2. The van der Waals surface area contributed by atoms with E-state index in [4.69, 9.17) is 6.57 Å². The number of halogens is 6. The largest absolute Gasteiger partial charge is 0.431 e. The lowest BCUT2D eigenvalue weighted by atomic mass is 9.94. The summed E-state index contributed by atoms with van der Waals surface area (Å²) in [5.74, 6) is -0.934. The van der Waals surface area contributed by atoms with Gasteiger partial charge in [-0.3, -0.25) is 9.80 Å². The average molecular weight is 392 g/mol. The van der Waals surface area contributed by atoms with Crippen molar-refractivity contribution in [3.63, 3.8) is 0 Å². The summed E-state index contributed by atoms with van der Waals surface area (Å²) in [7, 11) is 0. The highest BCUT2D eigenvalue weighted by Gasteiger charge is 2.51. The van der Waals surface area contributed by atoms with Crippen LogP contribution in [0.25, 0.3) is 4.85 Å². The Hall–Kier alpha value is -2.77. The minimum absolute atomic E-state index is 0.00599. The predicted octanol–water partition coefficient (Wildman–Crippen LogP) is 4.60. The summed E-state index contributed by atoms with van der Waals surface area (Å²) in [6.45, 7) is 9.51. The summed E-state index contributed by atoms with van der Waals surface area (Å²) < 4.78 is 77.8. The van der Waals surface area contributed by atoms with Crippen LogP contribution in [-0.2, 0) is 11.0 Å². The molecule has 1 heterocycles. The maximum absolute atomic E-state index is 13.0. The fraction of sp³-hybridized carbons (Fsp3) is 0.438. The monoisotopic (exact) mass is 392 g/mol. The lowest BCUT2D eigenvalue weighted by molar-refractivity contribution is -0.137. The van der Waals surface area contributed by atoms with Crippen LogP contribution in [0.15, 0.2) is 23.3 Å². The fourth-order valence-electron chi connectivity index (χ4n) is 2.69. The van der Waals surface area contributed by atoms with Crippen molar-refractivity contribution in [2.75, 3.05) is 11.9 Å². The Kier molecular flexibility index (Phi) is 5.14. The third-order valence-electron chi connectivity index (χ3n) is 4.12. The second-order valence-electron chi connectivity index (χ2n) is 6.01. The molecule has 146 valence electrons. The van der Waals surface area contributed by atoms with Crippen molar-refractivity contribution in [3.05, 3.63) is 35.2 Å². The lowest BCUT2D eigenvalue weighted by Crippen LogP contribution is -2.50. The Morgan fingerprint density at radius 3 is 2.41 bits per heavy atom. The average Bonchev–Trinajstić information content (AvgIpc) is 2.92. The van der Waals surface area contributed by atoms with Crippen molar-refractivity contribution in [1.82, 2.24) is 5.01 Å². The molecule has 1 aliphatic heterocycles. The molecule has 2 rings (SSSR count). The zero-order valence-electron chi connectivity index (χ0n) is 14.2. The van der Waals surface area contributed by atoms with Crippen LogP contribution in [0.1, 0.15) is 25.8 Å². The van der Waals surface area contributed by atoms with Crippen LogP contribution >= 0.6 is 0 Å². The van der Waals surface area contributed by atoms with E-state index in [1.165, 1.54) is 13.8 Å². The Bertz CT molecular complexity index is 824. The van der Waals surface area contributed by atoms with Gasteiger partial charge in [0.2, 0.25) is 0 Å². The van der Waals surface area contributed by atoms with Crippen LogP contribution in [0.3, 0.4) is 0 Å². The molecule has 1 N–H and O–H groups in total. The minimum atomic E-state index is -4.82. The number of hydrogen-bond donors (Lipinski definition) is 1. The van der Waals surface area contributed by atoms with Crippen molar-refractivity contribution in [1.29, 1.82) is 0 Å². The van der Waals surface area contributed by atoms with Gasteiger partial charge < -0.3 is 5.32 Å². The topological polar surface area (TPSA) is 49.1 Å². The van der Waals surface area contributed by atoms with Crippen LogP contribution in [0.5, 0.6) is 0 Å². The molecule has 0 aromatic heterocycles. The molecule has 5 nitrogen and oxygen atoms in total. The van der Waals surface area contributed by atoms with Gasteiger partial charge in [-0.05, 0) is 26.0 Å². The molecule has 0 bridgehead atoms. The minimum Gasteiger partial charge on any atom is -0.324 e. The quantitative estimate of drug-likeness (QED) is 0.604. The van der Waals surface area contributed by atoms with Crippen molar-refractivity contribution in [2.45, 2.75) is 38.2 Å². The van der Waals surface area contributed by atoms with Gasteiger partial charge in [-0.15, -0.1) is 0 Å². The third kappa shape index (κ3) is 3.99. The molecule has 27 heavy (non-hydrogen) atoms. The molecule has 0 fully saturated rings. The Morgan fingerprint density at radius 2 is 1.93 bits per heavy atom. The summed E-state index contributed by atoms with van der Waals surface area (Å²) in [5.41, 5.74) is -5.02. The number of hydrogen-bond acceptors (Lipinski definition) is 3. The van der Waals surface area contributed by atoms with Gasteiger partial charge in [0.1, 0.15) is 11.3 Å². The maximum atomic E-state index is 13.0. The number of anilines is 1. The summed E-state index contributed by atoms with van der Waals surface area (Å²) in [6, 6.07) is 2.55.